The van der Waals surface area contributed by atoms with Crippen molar-refractivity contribution < 1.29 is 4.74 Å². The molecule has 0 saturated carbocycles. The molecule has 1 heterocycles. The normalized spacial score (nSPS) is 10.5. The second-order valence-corrected chi connectivity index (χ2v) is 3.51. The zero-order chi connectivity index (χ0) is 11.4. The fourth-order valence-electron chi connectivity index (χ4n) is 1.78. The first kappa shape index (κ1) is 10.7. The number of benzene rings is 1. The van der Waals surface area contributed by atoms with Crippen molar-refractivity contribution in [1.29, 1.82) is 5.26 Å². The van der Waals surface area contributed by atoms with E-state index in [9.17, 15) is 0 Å². The van der Waals surface area contributed by atoms with Gasteiger partial charge < -0.3 is 9.30 Å². The number of hydrogen-bond donors (Lipinski definition) is 0. The zero-order valence-corrected chi connectivity index (χ0v) is 9.18. The molecule has 0 aliphatic rings. The number of fused-ring (bicyclic) bond motifs is 1. The molecular formula is C12H13N3O. The van der Waals surface area contributed by atoms with E-state index in [0.717, 1.165) is 16.9 Å². The average molecular weight is 215 g/mol. The monoisotopic (exact) mass is 215 g/mol. The quantitative estimate of drug-likeness (QED) is 0.784. The van der Waals surface area contributed by atoms with Gasteiger partial charge in [0.1, 0.15) is 12.4 Å². The van der Waals surface area contributed by atoms with Crippen LogP contribution in [0.25, 0.3) is 11.0 Å². The first-order chi connectivity index (χ1) is 7.86. The van der Waals surface area contributed by atoms with Crippen molar-refractivity contribution in [2.45, 2.75) is 19.6 Å². The lowest BCUT2D eigenvalue weighted by molar-refractivity contribution is 0.174. The number of aromatic nitrogens is 2. The third-order valence-corrected chi connectivity index (χ3v) is 2.45. The number of rotatable bonds is 4. The Hall–Kier alpha value is -1.86. The highest BCUT2D eigenvalue weighted by Gasteiger charge is 2.09. The molecule has 4 heteroatoms. The van der Waals surface area contributed by atoms with Crippen molar-refractivity contribution in [1.82, 2.24) is 9.55 Å². The summed E-state index contributed by atoms with van der Waals surface area (Å²) >= 11 is 0. The van der Waals surface area contributed by atoms with Gasteiger partial charge in [-0.1, -0.05) is 12.1 Å². The first-order valence-corrected chi connectivity index (χ1v) is 5.17. The van der Waals surface area contributed by atoms with Crippen LogP contribution in [0.5, 0.6) is 0 Å². The summed E-state index contributed by atoms with van der Waals surface area (Å²) in [5.74, 6) is 0.874. The Morgan fingerprint density at radius 3 is 3.00 bits per heavy atom. The Morgan fingerprint density at radius 2 is 2.25 bits per heavy atom. The Labute approximate surface area is 94.1 Å². The maximum Gasteiger partial charge on any atom is 0.136 e. The van der Waals surface area contributed by atoms with E-state index >= 15 is 0 Å². The van der Waals surface area contributed by atoms with Crippen LogP contribution in [-0.4, -0.2) is 16.7 Å². The van der Waals surface area contributed by atoms with Gasteiger partial charge in [-0.2, -0.15) is 5.26 Å². The molecule has 0 fully saturated rings. The summed E-state index contributed by atoms with van der Waals surface area (Å²) in [6.45, 7) is 1.13. The number of nitrogens with zero attached hydrogens (tertiary/aromatic N) is 3. The third-order valence-electron chi connectivity index (χ3n) is 2.45. The van der Waals surface area contributed by atoms with Gasteiger partial charge in [0.05, 0.1) is 23.5 Å². The van der Waals surface area contributed by atoms with Gasteiger partial charge in [0.2, 0.25) is 0 Å². The van der Waals surface area contributed by atoms with E-state index in [2.05, 4.69) is 11.1 Å². The number of methoxy groups -OCH3 is 1. The summed E-state index contributed by atoms with van der Waals surface area (Å²) in [6.07, 6.45) is 0.483. The lowest BCUT2D eigenvalue weighted by Gasteiger charge is -2.05. The molecule has 1 aromatic carbocycles. The van der Waals surface area contributed by atoms with Gasteiger partial charge in [-0.3, -0.25) is 0 Å². The molecule has 0 N–H and O–H groups in total. The molecule has 2 aromatic rings. The van der Waals surface area contributed by atoms with Crippen LogP contribution in [0.15, 0.2) is 24.3 Å². The van der Waals surface area contributed by atoms with Gasteiger partial charge in [0.25, 0.3) is 0 Å². The maximum atomic E-state index is 8.64. The van der Waals surface area contributed by atoms with Crippen LogP contribution in [0.1, 0.15) is 12.2 Å². The van der Waals surface area contributed by atoms with Crippen LogP contribution in [0.4, 0.5) is 0 Å². The van der Waals surface area contributed by atoms with Crippen molar-refractivity contribution in [3.8, 4) is 6.07 Å². The second kappa shape index (κ2) is 4.77. The Kier molecular flexibility index (Phi) is 3.18. The fourth-order valence-corrected chi connectivity index (χ4v) is 1.78. The Balaban J connectivity index is 2.47. The highest BCUT2D eigenvalue weighted by atomic mass is 16.5. The number of imidazole rings is 1. The van der Waals surface area contributed by atoms with E-state index in [1.165, 1.54) is 0 Å². The summed E-state index contributed by atoms with van der Waals surface area (Å²) in [5, 5.41) is 8.64. The lowest BCUT2D eigenvalue weighted by Crippen LogP contribution is -2.04. The first-order valence-electron chi connectivity index (χ1n) is 5.17. The predicted molar refractivity (Wildman–Crippen MR) is 60.7 cm³/mol. The van der Waals surface area contributed by atoms with Crippen molar-refractivity contribution in [3.63, 3.8) is 0 Å². The summed E-state index contributed by atoms with van der Waals surface area (Å²) in [7, 11) is 1.65. The summed E-state index contributed by atoms with van der Waals surface area (Å²) in [4.78, 5) is 4.48. The van der Waals surface area contributed by atoms with Crippen LogP contribution >= 0.6 is 0 Å². The number of nitriles is 1. The molecule has 0 aliphatic carbocycles. The van der Waals surface area contributed by atoms with E-state index < -0.39 is 0 Å². The molecule has 0 bridgehead atoms. The van der Waals surface area contributed by atoms with Crippen LogP contribution in [0, 0.1) is 11.3 Å². The van der Waals surface area contributed by atoms with E-state index in [4.69, 9.17) is 10.00 Å². The minimum absolute atomic E-state index is 0.472. The van der Waals surface area contributed by atoms with Gasteiger partial charge in [-0.25, -0.2) is 4.98 Å². The SMILES string of the molecule is COCc1nc2ccccc2n1CCC#N. The summed E-state index contributed by atoms with van der Waals surface area (Å²) in [5.41, 5.74) is 2.01. The molecule has 2 rings (SSSR count). The molecule has 82 valence electrons. The van der Waals surface area contributed by atoms with E-state index in [-0.39, 0.29) is 0 Å². The topological polar surface area (TPSA) is 50.8 Å². The molecule has 0 spiro atoms. The van der Waals surface area contributed by atoms with Gasteiger partial charge in [0, 0.05) is 13.7 Å². The molecular weight excluding hydrogens is 202 g/mol. The standard InChI is InChI=1S/C12H13N3O/c1-16-9-12-14-10-5-2-3-6-11(10)15(12)8-4-7-13/h2-3,5-6H,4,8-9H2,1H3. The predicted octanol–water partition coefficient (Wildman–Crippen LogP) is 2.10. The molecule has 0 saturated heterocycles. The van der Waals surface area contributed by atoms with E-state index in [0.29, 0.717) is 19.6 Å². The molecule has 0 atom stereocenters. The molecule has 16 heavy (non-hydrogen) atoms. The van der Waals surface area contributed by atoms with E-state index in [1.54, 1.807) is 7.11 Å². The molecule has 0 aliphatic heterocycles. The second-order valence-electron chi connectivity index (χ2n) is 3.51. The molecule has 0 unspecified atom stereocenters. The van der Waals surface area contributed by atoms with Crippen LogP contribution < -0.4 is 0 Å². The molecule has 1 aromatic heterocycles. The van der Waals surface area contributed by atoms with Crippen molar-refractivity contribution in [2.75, 3.05) is 7.11 Å². The van der Waals surface area contributed by atoms with Gasteiger partial charge in [0.15, 0.2) is 0 Å². The summed E-state index contributed by atoms with van der Waals surface area (Å²) in [6, 6.07) is 10.1. The highest BCUT2D eigenvalue weighted by molar-refractivity contribution is 5.75. The van der Waals surface area contributed by atoms with Gasteiger partial charge in [-0.15, -0.1) is 0 Å². The van der Waals surface area contributed by atoms with Crippen LogP contribution in [0.3, 0.4) is 0 Å². The molecule has 0 radical (unpaired) electrons. The summed E-state index contributed by atoms with van der Waals surface area (Å²) < 4.78 is 7.16. The number of para-hydroxylation sites is 2. The largest absolute Gasteiger partial charge is 0.377 e. The third kappa shape index (κ3) is 1.90. The van der Waals surface area contributed by atoms with Crippen LogP contribution in [0.2, 0.25) is 0 Å². The number of hydrogen-bond acceptors (Lipinski definition) is 3. The van der Waals surface area contributed by atoms with Crippen molar-refractivity contribution in [3.05, 3.63) is 30.1 Å². The number of ether oxygens (including phenoxy) is 1. The minimum atomic E-state index is 0.472. The average Bonchev–Trinajstić information content (AvgIpc) is 2.65. The van der Waals surface area contributed by atoms with E-state index in [1.807, 2.05) is 28.8 Å². The highest BCUT2D eigenvalue weighted by Crippen LogP contribution is 2.16. The Morgan fingerprint density at radius 1 is 1.44 bits per heavy atom. The number of aryl methyl sites for hydroxylation is 1. The smallest absolute Gasteiger partial charge is 0.136 e. The van der Waals surface area contributed by atoms with Gasteiger partial charge in [-0.05, 0) is 12.1 Å². The Bertz CT molecular complexity index is 525. The molecule has 4 nitrogen and oxygen atoms in total. The van der Waals surface area contributed by atoms with Crippen molar-refractivity contribution in [2.24, 2.45) is 0 Å². The maximum absolute atomic E-state index is 8.64. The fraction of sp³-hybridized carbons (Fsp3) is 0.333. The molecule has 0 amide bonds. The minimum Gasteiger partial charge on any atom is -0.377 e. The van der Waals surface area contributed by atoms with Gasteiger partial charge >= 0.3 is 0 Å². The van der Waals surface area contributed by atoms with Crippen molar-refractivity contribution >= 4 is 11.0 Å². The zero-order valence-electron chi connectivity index (χ0n) is 9.18. The lowest BCUT2D eigenvalue weighted by atomic mass is 10.3. The van der Waals surface area contributed by atoms with Crippen LogP contribution in [-0.2, 0) is 17.9 Å².